The largest absolute Gasteiger partial charge is 0.489 e. The van der Waals surface area contributed by atoms with Gasteiger partial charge < -0.3 is 14.0 Å². The van der Waals surface area contributed by atoms with Gasteiger partial charge in [-0.2, -0.15) is 0 Å². The Morgan fingerprint density at radius 2 is 1.83 bits per heavy atom. The number of carbonyl (C=O) groups excluding carboxylic acids is 2. The molecule has 0 saturated carbocycles. The van der Waals surface area contributed by atoms with Crippen molar-refractivity contribution in [1.29, 1.82) is 0 Å². The van der Waals surface area contributed by atoms with E-state index in [0.717, 1.165) is 29.8 Å². The molecule has 2 heterocycles. The molecule has 1 aliphatic rings. The minimum absolute atomic E-state index is 0.248. The molecule has 3 aromatic rings. The Kier molecular flexibility index (Phi) is 5.50. The highest BCUT2D eigenvalue weighted by atomic mass is 35.5. The first-order chi connectivity index (χ1) is 14.5. The van der Waals surface area contributed by atoms with Gasteiger partial charge in [0.1, 0.15) is 5.82 Å². The van der Waals surface area contributed by atoms with Crippen molar-refractivity contribution in [2.24, 2.45) is 0 Å². The van der Waals surface area contributed by atoms with Gasteiger partial charge in [-0.05, 0) is 44.2 Å². The van der Waals surface area contributed by atoms with Gasteiger partial charge in [-0.3, -0.25) is 20.4 Å². The third-order valence-electron chi connectivity index (χ3n) is 4.87. The molecule has 156 valence electrons. The van der Waals surface area contributed by atoms with E-state index in [1.165, 1.54) is 6.07 Å². The van der Waals surface area contributed by atoms with Crippen molar-refractivity contribution in [2.75, 3.05) is 13.2 Å². The SMILES string of the molecule is CCn1c(C)nc2cc(C(=O)NNC(=O)c3cc(Cl)c4c(c3)OCCCO4)ccc21. The normalized spacial score (nSPS) is 13.0. The van der Waals surface area contributed by atoms with Crippen LogP contribution in [0.4, 0.5) is 0 Å². The third kappa shape index (κ3) is 3.78. The van der Waals surface area contributed by atoms with Gasteiger partial charge in [0, 0.05) is 24.1 Å². The molecule has 0 spiro atoms. The number of ether oxygens (including phenoxy) is 2. The Balaban J connectivity index is 1.47. The number of hydrogen-bond donors (Lipinski definition) is 2. The number of halogens is 1. The van der Waals surface area contributed by atoms with Gasteiger partial charge in [-0.1, -0.05) is 11.6 Å². The van der Waals surface area contributed by atoms with Gasteiger partial charge in [0.2, 0.25) is 0 Å². The monoisotopic (exact) mass is 428 g/mol. The fourth-order valence-corrected chi connectivity index (χ4v) is 3.68. The van der Waals surface area contributed by atoms with Crippen LogP contribution in [-0.4, -0.2) is 34.6 Å². The van der Waals surface area contributed by atoms with E-state index in [2.05, 4.69) is 20.4 Å². The summed E-state index contributed by atoms with van der Waals surface area (Å²) >= 11 is 6.22. The van der Waals surface area contributed by atoms with E-state index >= 15 is 0 Å². The smallest absolute Gasteiger partial charge is 0.269 e. The highest BCUT2D eigenvalue weighted by molar-refractivity contribution is 6.32. The second-order valence-corrected chi connectivity index (χ2v) is 7.26. The Morgan fingerprint density at radius 1 is 1.10 bits per heavy atom. The molecule has 30 heavy (non-hydrogen) atoms. The summed E-state index contributed by atoms with van der Waals surface area (Å²) < 4.78 is 13.2. The molecule has 2 amide bonds. The van der Waals surface area contributed by atoms with E-state index in [9.17, 15) is 9.59 Å². The van der Waals surface area contributed by atoms with Gasteiger partial charge in [-0.15, -0.1) is 0 Å². The summed E-state index contributed by atoms with van der Waals surface area (Å²) in [6.07, 6.45) is 0.725. The lowest BCUT2D eigenvalue weighted by molar-refractivity contribution is 0.0846. The van der Waals surface area contributed by atoms with Gasteiger partial charge in [0.15, 0.2) is 11.5 Å². The van der Waals surface area contributed by atoms with Crippen molar-refractivity contribution in [3.8, 4) is 11.5 Å². The van der Waals surface area contributed by atoms with Crippen LogP contribution in [0, 0.1) is 6.92 Å². The van der Waals surface area contributed by atoms with Crippen molar-refractivity contribution < 1.29 is 19.1 Å². The van der Waals surface area contributed by atoms with Crippen molar-refractivity contribution in [3.05, 3.63) is 52.3 Å². The number of nitrogens with one attached hydrogen (secondary N) is 2. The van der Waals surface area contributed by atoms with Crippen LogP contribution in [0.2, 0.25) is 5.02 Å². The summed E-state index contributed by atoms with van der Waals surface area (Å²) in [7, 11) is 0. The van der Waals surface area contributed by atoms with Gasteiger partial charge in [0.05, 0.1) is 29.3 Å². The lowest BCUT2D eigenvalue weighted by Crippen LogP contribution is -2.41. The second-order valence-electron chi connectivity index (χ2n) is 6.85. The minimum atomic E-state index is -0.520. The molecule has 0 atom stereocenters. The van der Waals surface area contributed by atoms with Crippen LogP contribution in [0.1, 0.15) is 39.9 Å². The summed E-state index contributed by atoms with van der Waals surface area (Å²) in [5.41, 5.74) is 7.14. The summed E-state index contributed by atoms with van der Waals surface area (Å²) in [4.78, 5) is 29.5. The lowest BCUT2D eigenvalue weighted by Gasteiger charge is -2.12. The van der Waals surface area contributed by atoms with Gasteiger partial charge in [-0.25, -0.2) is 4.98 Å². The van der Waals surface area contributed by atoms with Crippen molar-refractivity contribution in [2.45, 2.75) is 26.8 Å². The van der Waals surface area contributed by atoms with Crippen molar-refractivity contribution in [1.82, 2.24) is 20.4 Å². The van der Waals surface area contributed by atoms with Crippen LogP contribution >= 0.6 is 11.6 Å². The van der Waals surface area contributed by atoms with E-state index in [1.807, 2.05) is 19.9 Å². The molecule has 0 radical (unpaired) electrons. The van der Waals surface area contributed by atoms with Crippen molar-refractivity contribution >= 4 is 34.4 Å². The predicted molar refractivity (Wildman–Crippen MR) is 112 cm³/mol. The molecule has 0 unspecified atom stereocenters. The highest BCUT2D eigenvalue weighted by Crippen LogP contribution is 2.37. The average Bonchev–Trinajstić information content (AvgIpc) is 2.89. The fourth-order valence-electron chi connectivity index (χ4n) is 3.41. The van der Waals surface area contributed by atoms with E-state index in [1.54, 1.807) is 18.2 Å². The average molecular weight is 429 g/mol. The third-order valence-corrected chi connectivity index (χ3v) is 5.15. The zero-order chi connectivity index (χ0) is 21.3. The first-order valence-electron chi connectivity index (χ1n) is 9.64. The quantitative estimate of drug-likeness (QED) is 0.624. The number of rotatable bonds is 3. The number of amides is 2. The maximum absolute atomic E-state index is 12.5. The molecule has 1 aromatic heterocycles. The van der Waals surface area contributed by atoms with E-state index in [-0.39, 0.29) is 10.6 Å². The number of benzene rings is 2. The molecule has 1 aliphatic heterocycles. The van der Waals surface area contributed by atoms with Crippen LogP contribution in [0.3, 0.4) is 0 Å². The molecule has 0 bridgehead atoms. The number of hydrazine groups is 1. The molecular formula is C21H21ClN4O4. The summed E-state index contributed by atoms with van der Waals surface area (Å²) in [6, 6.07) is 8.25. The lowest BCUT2D eigenvalue weighted by atomic mass is 10.2. The molecule has 0 aliphatic carbocycles. The Bertz CT molecular complexity index is 1140. The number of aryl methyl sites for hydroxylation is 2. The zero-order valence-electron chi connectivity index (χ0n) is 16.6. The molecule has 9 heteroatoms. The molecule has 4 rings (SSSR count). The van der Waals surface area contributed by atoms with Crippen LogP contribution < -0.4 is 20.3 Å². The second kappa shape index (κ2) is 8.23. The summed E-state index contributed by atoms with van der Waals surface area (Å²) in [5, 5.41) is 0.276. The number of nitrogens with zero attached hydrogens (tertiary/aromatic N) is 2. The van der Waals surface area contributed by atoms with Crippen LogP contribution in [0.15, 0.2) is 30.3 Å². The predicted octanol–water partition coefficient (Wildman–Crippen LogP) is 3.25. The number of carbonyl (C=O) groups is 2. The van der Waals surface area contributed by atoms with Crippen LogP contribution in [0.25, 0.3) is 11.0 Å². The number of imidazole rings is 1. The zero-order valence-corrected chi connectivity index (χ0v) is 17.4. The van der Waals surface area contributed by atoms with Gasteiger partial charge >= 0.3 is 0 Å². The summed E-state index contributed by atoms with van der Waals surface area (Å²) in [5.74, 6) is 0.737. The van der Waals surface area contributed by atoms with Crippen LogP contribution in [-0.2, 0) is 6.54 Å². The van der Waals surface area contributed by atoms with Crippen molar-refractivity contribution in [3.63, 3.8) is 0 Å². The van der Waals surface area contributed by atoms with E-state index in [0.29, 0.717) is 30.3 Å². The molecule has 0 saturated heterocycles. The number of fused-ring (bicyclic) bond motifs is 2. The topological polar surface area (TPSA) is 94.5 Å². The molecular weight excluding hydrogens is 408 g/mol. The fraction of sp³-hybridized carbons (Fsp3) is 0.286. The Morgan fingerprint density at radius 3 is 2.60 bits per heavy atom. The Labute approximate surface area is 178 Å². The first kappa shape index (κ1) is 20.0. The standard InChI is InChI=1S/C21H21ClN4O4/c1-3-26-12(2)23-16-10-13(5-6-17(16)26)20(27)24-25-21(28)14-9-15(22)19-18(11-14)29-7-4-8-30-19/h5-6,9-11H,3-4,7-8H2,1-2H3,(H,24,27)(H,25,28). The van der Waals surface area contributed by atoms with Crippen LogP contribution in [0.5, 0.6) is 11.5 Å². The summed E-state index contributed by atoms with van der Waals surface area (Å²) in [6.45, 7) is 5.72. The highest BCUT2D eigenvalue weighted by Gasteiger charge is 2.19. The molecule has 2 N–H and O–H groups in total. The Hall–Kier alpha value is -3.26. The van der Waals surface area contributed by atoms with E-state index < -0.39 is 11.8 Å². The first-order valence-corrected chi connectivity index (χ1v) is 10.0. The van der Waals surface area contributed by atoms with Gasteiger partial charge in [0.25, 0.3) is 11.8 Å². The maximum Gasteiger partial charge on any atom is 0.269 e. The number of hydrogen-bond acceptors (Lipinski definition) is 5. The van der Waals surface area contributed by atoms with E-state index in [4.69, 9.17) is 21.1 Å². The molecule has 0 fully saturated rings. The molecule has 8 nitrogen and oxygen atoms in total. The maximum atomic E-state index is 12.5. The minimum Gasteiger partial charge on any atom is -0.489 e. The number of aromatic nitrogens is 2. The molecule has 2 aromatic carbocycles.